The molecule has 5 heteroatoms. The molecule has 0 amide bonds. The van der Waals surface area contributed by atoms with E-state index in [-0.39, 0.29) is 0 Å². The Bertz CT molecular complexity index is 350. The van der Waals surface area contributed by atoms with Crippen LogP contribution in [0.5, 0.6) is 0 Å². The van der Waals surface area contributed by atoms with Gasteiger partial charge in [-0.25, -0.2) is 4.98 Å². The van der Waals surface area contributed by atoms with E-state index in [0.717, 1.165) is 35.7 Å². The van der Waals surface area contributed by atoms with Crippen molar-refractivity contribution in [2.24, 2.45) is 5.92 Å². The van der Waals surface area contributed by atoms with Crippen LogP contribution in [0.3, 0.4) is 0 Å². The predicted octanol–water partition coefficient (Wildman–Crippen LogP) is 2.06. The van der Waals surface area contributed by atoms with Crippen LogP contribution in [0.15, 0.2) is 6.20 Å². The molecule has 1 aliphatic carbocycles. The summed E-state index contributed by atoms with van der Waals surface area (Å²) in [5.74, 6) is 0.821. The van der Waals surface area contributed by atoms with E-state index in [4.69, 9.17) is 4.74 Å². The van der Waals surface area contributed by atoms with Crippen molar-refractivity contribution in [3.05, 3.63) is 11.1 Å². The maximum Gasteiger partial charge on any atom is 0.185 e. The average molecular weight is 256 g/mol. The van der Waals surface area contributed by atoms with Crippen molar-refractivity contribution in [1.29, 1.82) is 0 Å². The molecule has 0 aromatic carbocycles. The second-order valence-corrected chi connectivity index (χ2v) is 5.70. The number of rotatable bonds is 7. The number of hydrogen-bond donors (Lipinski definition) is 1. The molecule has 1 fully saturated rings. The van der Waals surface area contributed by atoms with Gasteiger partial charge in [-0.2, -0.15) is 0 Å². The molecule has 1 saturated carbocycles. The van der Waals surface area contributed by atoms with E-state index in [1.165, 1.54) is 24.2 Å². The van der Waals surface area contributed by atoms with Crippen molar-refractivity contribution in [2.75, 3.05) is 31.7 Å². The Balaban J connectivity index is 1.71. The molecule has 17 heavy (non-hydrogen) atoms. The second kappa shape index (κ2) is 5.80. The highest BCUT2D eigenvalue weighted by atomic mass is 32.1. The Morgan fingerprint density at radius 3 is 3.00 bits per heavy atom. The van der Waals surface area contributed by atoms with E-state index >= 15 is 0 Å². The number of likely N-dealkylation sites (N-methyl/N-ethyl adjacent to an activating group) is 1. The number of aliphatic hydroxyl groups is 1. The van der Waals surface area contributed by atoms with Crippen LogP contribution in [0, 0.1) is 5.92 Å². The van der Waals surface area contributed by atoms with E-state index in [9.17, 15) is 5.11 Å². The smallest absolute Gasteiger partial charge is 0.185 e. The second-order valence-electron chi connectivity index (χ2n) is 4.66. The SMILES string of the molecule is CC(O)c1cnc(N(C)CCOCC2CC2)s1. The lowest BCUT2D eigenvalue weighted by Gasteiger charge is -2.15. The molecule has 0 spiro atoms. The van der Waals surface area contributed by atoms with Crippen molar-refractivity contribution >= 4 is 16.5 Å². The number of anilines is 1. The van der Waals surface area contributed by atoms with E-state index < -0.39 is 6.10 Å². The third-order valence-corrected chi connectivity index (χ3v) is 4.15. The lowest BCUT2D eigenvalue weighted by Crippen LogP contribution is -2.22. The maximum absolute atomic E-state index is 9.43. The molecule has 0 radical (unpaired) electrons. The summed E-state index contributed by atoms with van der Waals surface area (Å²) in [4.78, 5) is 7.27. The molecule has 0 aliphatic heterocycles. The van der Waals surface area contributed by atoms with Crippen LogP contribution in [0.25, 0.3) is 0 Å². The number of nitrogens with zero attached hydrogens (tertiary/aromatic N) is 2. The van der Waals surface area contributed by atoms with Crippen molar-refractivity contribution in [2.45, 2.75) is 25.9 Å². The van der Waals surface area contributed by atoms with Crippen LogP contribution in [-0.2, 0) is 4.74 Å². The molecule has 1 aromatic heterocycles. The van der Waals surface area contributed by atoms with E-state index in [0.29, 0.717) is 0 Å². The standard InChI is InChI=1S/C12H20N2O2S/c1-9(15)11-7-13-12(17-11)14(2)5-6-16-8-10-3-4-10/h7,9-10,15H,3-6,8H2,1-2H3. The minimum Gasteiger partial charge on any atom is -0.388 e. The fourth-order valence-corrected chi connectivity index (χ4v) is 2.32. The van der Waals surface area contributed by atoms with Gasteiger partial charge in [-0.1, -0.05) is 11.3 Å². The summed E-state index contributed by atoms with van der Waals surface area (Å²) in [6.07, 6.45) is 3.98. The first-order valence-electron chi connectivity index (χ1n) is 6.09. The lowest BCUT2D eigenvalue weighted by atomic mass is 10.4. The first kappa shape index (κ1) is 12.8. The molecular weight excluding hydrogens is 236 g/mol. The molecule has 1 N–H and O–H groups in total. The molecule has 0 saturated heterocycles. The fraction of sp³-hybridized carbons (Fsp3) is 0.750. The molecule has 4 nitrogen and oxygen atoms in total. The van der Waals surface area contributed by atoms with Gasteiger partial charge in [-0.3, -0.25) is 0 Å². The summed E-state index contributed by atoms with van der Waals surface area (Å²) in [6, 6.07) is 0. The highest BCUT2D eigenvalue weighted by molar-refractivity contribution is 7.15. The van der Waals surface area contributed by atoms with Crippen LogP contribution in [0.2, 0.25) is 0 Å². The Kier molecular flexibility index (Phi) is 4.36. The third-order valence-electron chi connectivity index (χ3n) is 2.87. The van der Waals surface area contributed by atoms with Gasteiger partial charge in [0.2, 0.25) is 0 Å². The minimum absolute atomic E-state index is 0.430. The summed E-state index contributed by atoms with van der Waals surface area (Å²) >= 11 is 1.54. The van der Waals surface area contributed by atoms with E-state index in [1.54, 1.807) is 13.1 Å². The lowest BCUT2D eigenvalue weighted by molar-refractivity contribution is 0.131. The highest BCUT2D eigenvalue weighted by Crippen LogP contribution is 2.29. The molecule has 0 bridgehead atoms. The van der Waals surface area contributed by atoms with Gasteiger partial charge in [0.25, 0.3) is 0 Å². The topological polar surface area (TPSA) is 45.6 Å². The number of ether oxygens (including phenoxy) is 1. The van der Waals surface area contributed by atoms with Crippen LogP contribution in [-0.4, -0.2) is 36.9 Å². The monoisotopic (exact) mass is 256 g/mol. The zero-order chi connectivity index (χ0) is 12.3. The van der Waals surface area contributed by atoms with Crippen LogP contribution >= 0.6 is 11.3 Å². The Labute approximate surface area is 106 Å². The van der Waals surface area contributed by atoms with Gasteiger partial charge < -0.3 is 14.7 Å². The summed E-state index contributed by atoms with van der Waals surface area (Å²) in [5, 5.41) is 10.4. The molecule has 1 heterocycles. The number of aromatic nitrogens is 1. The summed E-state index contributed by atoms with van der Waals surface area (Å²) in [7, 11) is 2.01. The van der Waals surface area contributed by atoms with Crippen molar-refractivity contribution < 1.29 is 9.84 Å². The first-order chi connectivity index (χ1) is 8.16. The first-order valence-corrected chi connectivity index (χ1v) is 6.91. The third kappa shape index (κ3) is 3.94. The maximum atomic E-state index is 9.43. The average Bonchev–Trinajstić information content (AvgIpc) is 2.97. The molecule has 1 aliphatic rings. The summed E-state index contributed by atoms with van der Waals surface area (Å²) in [6.45, 7) is 4.26. The molecule has 1 atom stereocenters. The van der Waals surface area contributed by atoms with Gasteiger partial charge in [-0.15, -0.1) is 0 Å². The summed E-state index contributed by atoms with van der Waals surface area (Å²) < 4.78 is 5.59. The van der Waals surface area contributed by atoms with Gasteiger partial charge in [0, 0.05) is 26.4 Å². The Morgan fingerprint density at radius 2 is 2.41 bits per heavy atom. The molecule has 1 unspecified atom stereocenters. The molecule has 1 aromatic rings. The minimum atomic E-state index is -0.430. The highest BCUT2D eigenvalue weighted by Gasteiger charge is 2.21. The van der Waals surface area contributed by atoms with Crippen molar-refractivity contribution in [3.63, 3.8) is 0 Å². The predicted molar refractivity (Wildman–Crippen MR) is 69.6 cm³/mol. The number of aliphatic hydroxyl groups excluding tert-OH is 1. The Hall–Kier alpha value is -0.650. The largest absolute Gasteiger partial charge is 0.388 e. The molecule has 96 valence electrons. The zero-order valence-electron chi connectivity index (χ0n) is 10.4. The van der Waals surface area contributed by atoms with Gasteiger partial charge in [0.15, 0.2) is 5.13 Å². The van der Waals surface area contributed by atoms with Crippen LogP contribution in [0.4, 0.5) is 5.13 Å². The molecule has 2 rings (SSSR count). The van der Waals surface area contributed by atoms with Crippen molar-refractivity contribution in [3.8, 4) is 0 Å². The van der Waals surface area contributed by atoms with Gasteiger partial charge in [-0.05, 0) is 25.7 Å². The number of hydrogen-bond acceptors (Lipinski definition) is 5. The number of thiazole rings is 1. The summed E-state index contributed by atoms with van der Waals surface area (Å²) in [5.41, 5.74) is 0. The molecular formula is C12H20N2O2S. The zero-order valence-corrected chi connectivity index (χ0v) is 11.2. The van der Waals surface area contributed by atoms with Gasteiger partial charge in [0.1, 0.15) is 0 Å². The van der Waals surface area contributed by atoms with Gasteiger partial charge >= 0.3 is 0 Å². The fourth-order valence-electron chi connectivity index (χ4n) is 1.48. The van der Waals surface area contributed by atoms with E-state index in [1.807, 2.05) is 7.05 Å². The van der Waals surface area contributed by atoms with Crippen LogP contribution < -0.4 is 4.90 Å². The normalized spacial score (nSPS) is 17.1. The quantitative estimate of drug-likeness (QED) is 0.759. The Morgan fingerprint density at radius 1 is 1.65 bits per heavy atom. The van der Waals surface area contributed by atoms with Crippen LogP contribution in [0.1, 0.15) is 30.7 Å². The van der Waals surface area contributed by atoms with Gasteiger partial charge in [0.05, 0.1) is 17.6 Å². The van der Waals surface area contributed by atoms with E-state index in [2.05, 4.69) is 9.88 Å². The van der Waals surface area contributed by atoms with Crippen molar-refractivity contribution in [1.82, 2.24) is 4.98 Å².